The monoisotopic (exact) mass is 513 g/mol. The number of methoxy groups -OCH3 is 1. The summed E-state index contributed by atoms with van der Waals surface area (Å²) in [5.74, 6) is -1.45. The second kappa shape index (κ2) is 11.2. The summed E-state index contributed by atoms with van der Waals surface area (Å²) in [6.07, 6.45) is 2.49. The van der Waals surface area contributed by atoms with Crippen LogP contribution in [0.2, 0.25) is 0 Å². The molecule has 3 rings (SSSR count). The number of likely N-dealkylation sites (tertiary alicyclic amines) is 1. The number of primary amides is 1. The number of rotatable bonds is 7. The first-order chi connectivity index (χ1) is 17.4. The van der Waals surface area contributed by atoms with Gasteiger partial charge in [0.1, 0.15) is 11.2 Å². The molecule has 0 bridgehead atoms. The van der Waals surface area contributed by atoms with Gasteiger partial charge in [-0.3, -0.25) is 19.9 Å². The first kappa shape index (κ1) is 27.4. The lowest BCUT2D eigenvalue weighted by molar-refractivity contribution is -0.385. The number of nitrogens with one attached hydrogen (secondary N) is 1. The smallest absolute Gasteiger partial charge is 0.410 e. The first-order valence-electron chi connectivity index (χ1n) is 11.8. The Bertz CT molecular complexity index is 1200. The molecule has 1 aromatic carbocycles. The largest absolute Gasteiger partial charge is 0.465 e. The molecule has 0 spiro atoms. The van der Waals surface area contributed by atoms with Gasteiger partial charge in [-0.05, 0) is 51.3 Å². The molecule has 2 heterocycles. The molecule has 1 fully saturated rings. The predicted octanol–water partition coefficient (Wildman–Crippen LogP) is 3.28. The number of benzene rings is 1. The van der Waals surface area contributed by atoms with Crippen LogP contribution in [0.4, 0.5) is 16.2 Å². The zero-order valence-corrected chi connectivity index (χ0v) is 21.3. The summed E-state index contributed by atoms with van der Waals surface area (Å²) < 4.78 is 10.0. The van der Waals surface area contributed by atoms with Gasteiger partial charge in [0, 0.05) is 43.5 Å². The molecule has 1 aliphatic heterocycles. The summed E-state index contributed by atoms with van der Waals surface area (Å²) in [6, 6.07) is 5.89. The Kier molecular flexibility index (Phi) is 8.31. The van der Waals surface area contributed by atoms with Crippen LogP contribution in [0.15, 0.2) is 30.5 Å². The number of nitrogens with zero attached hydrogens (tertiary/aromatic N) is 3. The SMILES string of the molecule is COC(=O)c1ccc(Cc2cc(NC3CCN(C(=O)OC(C)(C)C)CC3)c(C(N)=O)cn2)cc1[N+](=O)[O-]. The Morgan fingerprint density at radius 1 is 1.19 bits per heavy atom. The molecule has 0 unspecified atom stereocenters. The minimum atomic E-state index is -0.800. The van der Waals surface area contributed by atoms with Crippen molar-refractivity contribution in [2.45, 2.75) is 51.7 Å². The number of pyridine rings is 1. The Morgan fingerprint density at radius 2 is 1.86 bits per heavy atom. The number of carbonyl (C=O) groups is 3. The van der Waals surface area contributed by atoms with Gasteiger partial charge in [0.2, 0.25) is 0 Å². The van der Waals surface area contributed by atoms with Crippen molar-refractivity contribution in [3.05, 3.63) is 63.0 Å². The Labute approximate surface area is 214 Å². The van der Waals surface area contributed by atoms with Gasteiger partial charge in [-0.15, -0.1) is 0 Å². The van der Waals surface area contributed by atoms with Crippen molar-refractivity contribution in [1.29, 1.82) is 0 Å². The molecule has 0 aliphatic carbocycles. The third kappa shape index (κ3) is 7.15. The van der Waals surface area contributed by atoms with E-state index in [1.54, 1.807) is 17.0 Å². The zero-order valence-electron chi connectivity index (χ0n) is 21.3. The molecule has 37 heavy (non-hydrogen) atoms. The van der Waals surface area contributed by atoms with Crippen LogP contribution >= 0.6 is 0 Å². The highest BCUT2D eigenvalue weighted by atomic mass is 16.6. The second-order valence-corrected chi connectivity index (χ2v) is 9.75. The van der Waals surface area contributed by atoms with E-state index in [2.05, 4.69) is 15.0 Å². The maximum atomic E-state index is 12.3. The van der Waals surface area contributed by atoms with Crippen LogP contribution in [-0.4, -0.2) is 64.6 Å². The number of esters is 1. The Hall–Kier alpha value is -4.22. The molecule has 1 saturated heterocycles. The summed E-state index contributed by atoms with van der Waals surface area (Å²) in [5, 5.41) is 14.8. The first-order valence-corrected chi connectivity index (χ1v) is 11.8. The molecule has 2 aromatic rings. The molecule has 3 N–H and O–H groups in total. The van der Waals surface area contributed by atoms with Crippen molar-refractivity contribution >= 4 is 29.3 Å². The number of nitrogens with two attached hydrogens (primary N) is 1. The van der Waals surface area contributed by atoms with Crippen molar-refractivity contribution in [2.24, 2.45) is 5.73 Å². The Morgan fingerprint density at radius 3 is 2.43 bits per heavy atom. The number of ether oxygens (including phenoxy) is 2. The summed E-state index contributed by atoms with van der Waals surface area (Å²) in [5.41, 5.74) is 6.26. The fraction of sp³-hybridized carbons (Fsp3) is 0.440. The van der Waals surface area contributed by atoms with E-state index in [0.717, 1.165) is 7.11 Å². The van der Waals surface area contributed by atoms with Crippen molar-refractivity contribution in [1.82, 2.24) is 9.88 Å². The van der Waals surface area contributed by atoms with Gasteiger partial charge in [0.05, 0.1) is 23.3 Å². The minimum Gasteiger partial charge on any atom is -0.465 e. The second-order valence-electron chi connectivity index (χ2n) is 9.75. The van der Waals surface area contributed by atoms with Crippen LogP contribution in [-0.2, 0) is 15.9 Å². The number of aromatic nitrogens is 1. The quantitative estimate of drug-likeness (QED) is 0.321. The van der Waals surface area contributed by atoms with Gasteiger partial charge in [-0.1, -0.05) is 6.07 Å². The van der Waals surface area contributed by atoms with Gasteiger partial charge in [0.15, 0.2) is 0 Å². The molecule has 1 aromatic heterocycles. The van der Waals surface area contributed by atoms with Crippen molar-refractivity contribution in [3.63, 3.8) is 0 Å². The summed E-state index contributed by atoms with van der Waals surface area (Å²) in [7, 11) is 1.15. The number of nitro benzene ring substituents is 1. The molecule has 12 heteroatoms. The summed E-state index contributed by atoms with van der Waals surface area (Å²) in [4.78, 5) is 53.0. The molecule has 0 saturated carbocycles. The van der Waals surface area contributed by atoms with Gasteiger partial charge >= 0.3 is 12.1 Å². The van der Waals surface area contributed by atoms with Crippen LogP contribution in [0.1, 0.15) is 65.6 Å². The van der Waals surface area contributed by atoms with E-state index in [1.165, 1.54) is 18.3 Å². The molecular formula is C25H31N5O7. The lowest BCUT2D eigenvalue weighted by Gasteiger charge is -2.34. The highest BCUT2D eigenvalue weighted by Crippen LogP contribution is 2.25. The van der Waals surface area contributed by atoms with E-state index < -0.39 is 22.4 Å². The number of amides is 2. The highest BCUT2D eigenvalue weighted by Gasteiger charge is 2.27. The van der Waals surface area contributed by atoms with Gasteiger partial charge in [-0.2, -0.15) is 0 Å². The number of hydrogen-bond donors (Lipinski definition) is 2. The maximum Gasteiger partial charge on any atom is 0.410 e. The van der Waals surface area contributed by atoms with E-state index in [9.17, 15) is 24.5 Å². The van der Waals surface area contributed by atoms with Crippen LogP contribution in [0.3, 0.4) is 0 Å². The standard InChI is InChI=1S/C25H31N5O7/c1-25(2,3)37-24(33)29-9-7-16(8-10-29)28-20-13-17(27-14-19(20)22(26)31)11-15-5-6-18(23(32)36-4)21(12-15)30(34)35/h5-6,12-14,16H,7-11H2,1-4H3,(H2,26,31)(H,27,28). The molecule has 198 valence electrons. The lowest BCUT2D eigenvalue weighted by atomic mass is 10.0. The van der Waals surface area contributed by atoms with Crippen LogP contribution in [0.5, 0.6) is 0 Å². The third-order valence-corrected chi connectivity index (χ3v) is 5.78. The maximum absolute atomic E-state index is 12.3. The molecule has 2 amide bonds. The lowest BCUT2D eigenvalue weighted by Crippen LogP contribution is -2.44. The number of anilines is 1. The van der Waals surface area contributed by atoms with Gasteiger partial charge in [0.25, 0.3) is 11.6 Å². The average molecular weight is 514 g/mol. The average Bonchev–Trinajstić information content (AvgIpc) is 2.82. The van der Waals surface area contributed by atoms with Crippen LogP contribution < -0.4 is 11.1 Å². The fourth-order valence-corrected chi connectivity index (χ4v) is 3.99. The number of carbonyl (C=O) groups excluding carboxylic acids is 3. The normalized spacial score (nSPS) is 14.1. The number of hydrogen-bond acceptors (Lipinski definition) is 9. The molecule has 0 atom stereocenters. The van der Waals surface area contributed by atoms with Crippen molar-refractivity contribution < 1.29 is 28.8 Å². The molecule has 1 aliphatic rings. The highest BCUT2D eigenvalue weighted by molar-refractivity contribution is 5.98. The number of nitro groups is 1. The summed E-state index contributed by atoms with van der Waals surface area (Å²) >= 11 is 0. The molecule has 12 nitrogen and oxygen atoms in total. The van der Waals surface area contributed by atoms with E-state index in [1.807, 2.05) is 20.8 Å². The number of piperidine rings is 1. The van der Waals surface area contributed by atoms with Crippen molar-refractivity contribution in [3.8, 4) is 0 Å². The van der Waals surface area contributed by atoms with E-state index in [0.29, 0.717) is 42.9 Å². The predicted molar refractivity (Wildman–Crippen MR) is 134 cm³/mol. The van der Waals surface area contributed by atoms with E-state index in [-0.39, 0.29) is 35.4 Å². The Balaban J connectivity index is 1.75. The summed E-state index contributed by atoms with van der Waals surface area (Å²) in [6.45, 7) is 6.44. The van der Waals surface area contributed by atoms with Gasteiger partial charge in [-0.25, -0.2) is 9.59 Å². The van der Waals surface area contributed by atoms with Crippen molar-refractivity contribution in [2.75, 3.05) is 25.5 Å². The third-order valence-electron chi connectivity index (χ3n) is 5.78. The van der Waals surface area contributed by atoms with Gasteiger partial charge < -0.3 is 25.4 Å². The van der Waals surface area contributed by atoms with E-state index >= 15 is 0 Å². The fourth-order valence-electron chi connectivity index (χ4n) is 3.99. The molecular weight excluding hydrogens is 482 g/mol. The van der Waals surface area contributed by atoms with E-state index in [4.69, 9.17) is 10.5 Å². The molecule has 0 radical (unpaired) electrons. The minimum absolute atomic E-state index is 0.0209. The zero-order chi connectivity index (χ0) is 27.3. The topological polar surface area (TPSA) is 167 Å². The van der Waals surface area contributed by atoms with Crippen LogP contribution in [0.25, 0.3) is 0 Å². The van der Waals surface area contributed by atoms with Crippen LogP contribution in [0, 0.1) is 10.1 Å².